The fourth-order valence-electron chi connectivity index (χ4n) is 1.65. The smallest absolute Gasteiger partial charge is 0.249 e. The Labute approximate surface area is 111 Å². The molecule has 1 unspecified atom stereocenters. The van der Waals surface area contributed by atoms with Gasteiger partial charge < -0.3 is 11.1 Å². The lowest BCUT2D eigenvalue weighted by atomic mass is 10.2. The third-order valence-electron chi connectivity index (χ3n) is 2.78. The van der Waals surface area contributed by atoms with E-state index >= 15 is 0 Å². The number of hydrogen-bond donors (Lipinski definition) is 2. The maximum Gasteiger partial charge on any atom is 0.249 e. The van der Waals surface area contributed by atoms with Crippen LogP contribution in [0.5, 0.6) is 0 Å². The first kappa shape index (κ1) is 13.2. The maximum atomic E-state index is 12.1. The van der Waals surface area contributed by atoms with Crippen molar-refractivity contribution in [3.63, 3.8) is 0 Å². The number of nitrogens with zero attached hydrogens (tertiary/aromatic N) is 3. The van der Waals surface area contributed by atoms with Gasteiger partial charge in [0.05, 0.1) is 5.69 Å². The summed E-state index contributed by atoms with van der Waals surface area (Å²) in [6.07, 6.45) is 2.41. The molecule has 0 aliphatic heterocycles. The van der Waals surface area contributed by atoms with Gasteiger partial charge in [0.25, 0.3) is 0 Å². The Bertz CT molecular complexity index is 537. The third-order valence-corrected chi connectivity index (χ3v) is 2.78. The van der Waals surface area contributed by atoms with Crippen molar-refractivity contribution in [1.82, 2.24) is 15.0 Å². The second-order valence-electron chi connectivity index (χ2n) is 4.26. The molecule has 0 saturated carbocycles. The topological polar surface area (TPSA) is 85.8 Å². The lowest BCUT2D eigenvalue weighted by Gasteiger charge is -2.11. The standard InChI is InChI=1S/C13H17N5O/c1-10(18-9-12(7-8-14)16-17-18)13(19)15-11-5-3-2-4-6-11/h2-6,9-10H,7-8,14H2,1H3,(H,15,19). The van der Waals surface area contributed by atoms with Crippen molar-refractivity contribution in [3.05, 3.63) is 42.2 Å². The van der Waals surface area contributed by atoms with E-state index in [1.807, 2.05) is 30.3 Å². The lowest BCUT2D eigenvalue weighted by Crippen LogP contribution is -2.24. The summed E-state index contributed by atoms with van der Waals surface area (Å²) in [6.45, 7) is 2.29. The number of rotatable bonds is 5. The Morgan fingerprint density at radius 1 is 1.42 bits per heavy atom. The minimum absolute atomic E-state index is 0.129. The zero-order chi connectivity index (χ0) is 13.7. The Kier molecular flexibility index (Phi) is 4.25. The Morgan fingerprint density at radius 3 is 2.84 bits per heavy atom. The van der Waals surface area contributed by atoms with Crippen molar-refractivity contribution in [3.8, 4) is 0 Å². The quantitative estimate of drug-likeness (QED) is 0.838. The van der Waals surface area contributed by atoms with E-state index in [4.69, 9.17) is 5.73 Å². The molecule has 2 aromatic rings. The van der Waals surface area contributed by atoms with Crippen molar-refractivity contribution in [2.24, 2.45) is 5.73 Å². The first-order valence-corrected chi connectivity index (χ1v) is 6.17. The van der Waals surface area contributed by atoms with Crippen LogP contribution in [0.2, 0.25) is 0 Å². The van der Waals surface area contributed by atoms with E-state index in [9.17, 15) is 4.79 Å². The second kappa shape index (κ2) is 6.10. The summed E-state index contributed by atoms with van der Waals surface area (Å²) in [4.78, 5) is 12.1. The predicted molar refractivity (Wildman–Crippen MR) is 72.6 cm³/mol. The highest BCUT2D eigenvalue weighted by atomic mass is 16.2. The normalized spacial score (nSPS) is 12.1. The molecule has 0 spiro atoms. The average molecular weight is 259 g/mol. The van der Waals surface area contributed by atoms with Crippen molar-refractivity contribution in [1.29, 1.82) is 0 Å². The van der Waals surface area contributed by atoms with Crippen molar-refractivity contribution in [2.45, 2.75) is 19.4 Å². The van der Waals surface area contributed by atoms with E-state index in [0.717, 1.165) is 11.4 Å². The summed E-state index contributed by atoms with van der Waals surface area (Å²) in [5.74, 6) is -0.129. The van der Waals surface area contributed by atoms with E-state index in [1.165, 1.54) is 0 Å². The van der Waals surface area contributed by atoms with Crippen molar-refractivity contribution in [2.75, 3.05) is 11.9 Å². The van der Waals surface area contributed by atoms with Gasteiger partial charge in [-0.1, -0.05) is 23.4 Å². The SMILES string of the molecule is CC(C(=O)Nc1ccccc1)n1cc(CCN)nn1. The summed E-state index contributed by atoms with van der Waals surface area (Å²) in [7, 11) is 0. The molecule has 0 aliphatic rings. The van der Waals surface area contributed by atoms with Crippen LogP contribution in [0.25, 0.3) is 0 Å². The van der Waals surface area contributed by atoms with Gasteiger partial charge in [-0.25, -0.2) is 4.68 Å². The molecule has 0 bridgehead atoms. The summed E-state index contributed by atoms with van der Waals surface area (Å²) < 4.78 is 1.54. The number of para-hydroxylation sites is 1. The van der Waals surface area contributed by atoms with Gasteiger partial charge in [-0.3, -0.25) is 4.79 Å². The number of amides is 1. The second-order valence-corrected chi connectivity index (χ2v) is 4.26. The Hall–Kier alpha value is -2.21. The van der Waals surface area contributed by atoms with Crippen LogP contribution in [-0.4, -0.2) is 27.4 Å². The average Bonchev–Trinajstić information content (AvgIpc) is 2.88. The van der Waals surface area contributed by atoms with Gasteiger partial charge in [0.2, 0.25) is 5.91 Å². The van der Waals surface area contributed by atoms with Gasteiger partial charge in [-0.15, -0.1) is 5.10 Å². The minimum Gasteiger partial charge on any atom is -0.330 e. The van der Waals surface area contributed by atoms with Crippen LogP contribution >= 0.6 is 0 Å². The monoisotopic (exact) mass is 259 g/mol. The van der Waals surface area contributed by atoms with Crippen LogP contribution in [0.1, 0.15) is 18.7 Å². The molecule has 6 nitrogen and oxygen atoms in total. The van der Waals surface area contributed by atoms with Crippen LogP contribution in [0.3, 0.4) is 0 Å². The molecule has 100 valence electrons. The number of nitrogens with two attached hydrogens (primary N) is 1. The summed E-state index contributed by atoms with van der Waals surface area (Å²) in [6, 6.07) is 8.90. The van der Waals surface area contributed by atoms with Gasteiger partial charge in [0.1, 0.15) is 6.04 Å². The van der Waals surface area contributed by atoms with E-state index in [-0.39, 0.29) is 5.91 Å². The molecular weight excluding hydrogens is 242 g/mol. The number of carbonyl (C=O) groups excluding carboxylic acids is 1. The lowest BCUT2D eigenvalue weighted by molar-refractivity contribution is -0.119. The molecule has 0 saturated heterocycles. The summed E-state index contributed by atoms with van der Waals surface area (Å²) in [5.41, 5.74) is 7.01. The zero-order valence-corrected chi connectivity index (χ0v) is 10.8. The van der Waals surface area contributed by atoms with Gasteiger partial charge in [0.15, 0.2) is 0 Å². The zero-order valence-electron chi connectivity index (χ0n) is 10.8. The van der Waals surface area contributed by atoms with E-state index in [2.05, 4.69) is 15.6 Å². The molecule has 0 fully saturated rings. The molecule has 3 N–H and O–H groups in total. The molecule has 19 heavy (non-hydrogen) atoms. The molecule has 0 radical (unpaired) electrons. The molecule has 6 heteroatoms. The third kappa shape index (κ3) is 3.38. The number of carbonyl (C=O) groups is 1. The summed E-state index contributed by atoms with van der Waals surface area (Å²) in [5, 5.41) is 10.7. The van der Waals surface area contributed by atoms with Crippen LogP contribution in [0.4, 0.5) is 5.69 Å². The highest BCUT2D eigenvalue weighted by Crippen LogP contribution is 2.11. The van der Waals surface area contributed by atoms with Gasteiger partial charge in [-0.05, 0) is 25.6 Å². The van der Waals surface area contributed by atoms with Crippen LogP contribution in [0.15, 0.2) is 36.5 Å². The first-order valence-electron chi connectivity index (χ1n) is 6.17. The fourth-order valence-corrected chi connectivity index (χ4v) is 1.65. The molecule has 1 heterocycles. The van der Waals surface area contributed by atoms with Gasteiger partial charge in [-0.2, -0.15) is 0 Å². The first-order chi connectivity index (χ1) is 9.20. The van der Waals surface area contributed by atoms with E-state index in [1.54, 1.807) is 17.8 Å². The number of aromatic nitrogens is 3. The highest BCUT2D eigenvalue weighted by molar-refractivity contribution is 5.93. The van der Waals surface area contributed by atoms with Crippen molar-refractivity contribution < 1.29 is 4.79 Å². The Balaban J connectivity index is 2.02. The number of hydrogen-bond acceptors (Lipinski definition) is 4. The molecular formula is C13H17N5O. The number of benzene rings is 1. The molecule has 2 rings (SSSR count). The number of nitrogens with one attached hydrogen (secondary N) is 1. The largest absolute Gasteiger partial charge is 0.330 e. The summed E-state index contributed by atoms with van der Waals surface area (Å²) >= 11 is 0. The molecule has 1 aromatic heterocycles. The molecule has 1 amide bonds. The predicted octanol–water partition coefficient (Wildman–Crippen LogP) is 0.979. The van der Waals surface area contributed by atoms with E-state index < -0.39 is 6.04 Å². The van der Waals surface area contributed by atoms with Crippen LogP contribution in [-0.2, 0) is 11.2 Å². The van der Waals surface area contributed by atoms with Gasteiger partial charge >= 0.3 is 0 Å². The highest BCUT2D eigenvalue weighted by Gasteiger charge is 2.16. The van der Waals surface area contributed by atoms with E-state index in [0.29, 0.717) is 13.0 Å². The van der Waals surface area contributed by atoms with Crippen LogP contribution < -0.4 is 11.1 Å². The minimum atomic E-state index is -0.417. The van der Waals surface area contributed by atoms with Crippen LogP contribution in [0, 0.1) is 0 Å². The van der Waals surface area contributed by atoms with Crippen molar-refractivity contribution >= 4 is 11.6 Å². The molecule has 1 aromatic carbocycles. The maximum absolute atomic E-state index is 12.1. The number of anilines is 1. The fraction of sp³-hybridized carbons (Fsp3) is 0.308. The Morgan fingerprint density at radius 2 is 2.16 bits per heavy atom. The molecule has 0 aliphatic carbocycles. The molecule has 1 atom stereocenters. The van der Waals surface area contributed by atoms with Gasteiger partial charge in [0, 0.05) is 18.3 Å².